The van der Waals surface area contributed by atoms with Gasteiger partial charge in [0, 0.05) is 22.7 Å². The lowest BCUT2D eigenvalue weighted by atomic mass is 10.00. The van der Waals surface area contributed by atoms with Gasteiger partial charge in [-0.3, -0.25) is 4.79 Å². The number of nitrogens with one attached hydrogen (secondary N) is 1. The van der Waals surface area contributed by atoms with Crippen LogP contribution in [0.5, 0.6) is 0 Å². The minimum absolute atomic E-state index is 0.109. The molecule has 0 heterocycles. The summed E-state index contributed by atoms with van der Waals surface area (Å²) in [6.07, 6.45) is 10.1. The van der Waals surface area contributed by atoms with Crippen LogP contribution in [-0.2, 0) is 4.79 Å². The van der Waals surface area contributed by atoms with Crippen molar-refractivity contribution in [3.05, 3.63) is 51.5 Å². The Bertz CT molecular complexity index is 549. The van der Waals surface area contributed by atoms with E-state index >= 15 is 0 Å². The average Bonchev–Trinajstić information content (AvgIpc) is 2.45. The molecule has 0 bridgehead atoms. The van der Waals surface area contributed by atoms with Crippen molar-refractivity contribution < 1.29 is 4.79 Å². The molecule has 106 valence electrons. The van der Waals surface area contributed by atoms with E-state index in [1.54, 1.807) is 24.3 Å². The van der Waals surface area contributed by atoms with Gasteiger partial charge in [0.25, 0.3) is 0 Å². The molecule has 0 aromatic heterocycles. The SMILES string of the molecule is O=C(/C=C/c1ccc(Cl)cc1Cl)NCC1=CCCCC1. The van der Waals surface area contributed by atoms with Crippen molar-refractivity contribution in [2.24, 2.45) is 0 Å². The zero-order chi connectivity index (χ0) is 14.4. The minimum atomic E-state index is -0.109. The van der Waals surface area contributed by atoms with Crippen LogP contribution in [0.15, 0.2) is 35.9 Å². The van der Waals surface area contributed by atoms with E-state index in [0.29, 0.717) is 16.6 Å². The Hall–Kier alpha value is -1.25. The number of amides is 1. The van der Waals surface area contributed by atoms with Crippen molar-refractivity contribution in [1.82, 2.24) is 5.32 Å². The van der Waals surface area contributed by atoms with Gasteiger partial charge in [0.2, 0.25) is 5.91 Å². The van der Waals surface area contributed by atoms with Gasteiger partial charge in [-0.05, 0) is 49.5 Å². The number of rotatable bonds is 4. The fraction of sp³-hybridized carbons (Fsp3) is 0.312. The lowest BCUT2D eigenvalue weighted by Gasteiger charge is -2.12. The first kappa shape index (κ1) is 15.1. The second-order valence-electron chi connectivity index (χ2n) is 4.83. The summed E-state index contributed by atoms with van der Waals surface area (Å²) < 4.78 is 0. The first-order valence-corrected chi connectivity index (χ1v) is 7.49. The molecule has 0 fully saturated rings. The molecule has 0 saturated heterocycles. The van der Waals surface area contributed by atoms with E-state index in [4.69, 9.17) is 23.2 Å². The van der Waals surface area contributed by atoms with Gasteiger partial charge < -0.3 is 5.32 Å². The maximum Gasteiger partial charge on any atom is 0.244 e. The molecule has 20 heavy (non-hydrogen) atoms. The van der Waals surface area contributed by atoms with Gasteiger partial charge in [0.15, 0.2) is 0 Å². The molecule has 0 radical (unpaired) electrons. The Morgan fingerprint density at radius 1 is 1.30 bits per heavy atom. The molecule has 2 rings (SSSR count). The van der Waals surface area contributed by atoms with Crippen molar-refractivity contribution in [1.29, 1.82) is 0 Å². The van der Waals surface area contributed by atoms with Crippen molar-refractivity contribution in [3.8, 4) is 0 Å². The van der Waals surface area contributed by atoms with E-state index < -0.39 is 0 Å². The standard InChI is InChI=1S/C16H17Cl2NO/c17-14-8-6-13(15(18)10-14)7-9-16(20)19-11-12-4-2-1-3-5-12/h4,6-10H,1-3,5,11H2,(H,19,20)/b9-7+. The van der Waals surface area contributed by atoms with Crippen LogP contribution in [0, 0.1) is 0 Å². The van der Waals surface area contributed by atoms with E-state index in [1.165, 1.54) is 24.5 Å². The summed E-state index contributed by atoms with van der Waals surface area (Å²) in [5, 5.41) is 4.01. The highest BCUT2D eigenvalue weighted by atomic mass is 35.5. The van der Waals surface area contributed by atoms with Gasteiger partial charge in [0.05, 0.1) is 0 Å². The second-order valence-corrected chi connectivity index (χ2v) is 5.67. The molecule has 0 spiro atoms. The van der Waals surface area contributed by atoms with Gasteiger partial charge in [-0.1, -0.05) is 40.9 Å². The van der Waals surface area contributed by atoms with Gasteiger partial charge in [-0.25, -0.2) is 0 Å². The Kier molecular flexibility index (Phi) is 5.69. The number of benzene rings is 1. The summed E-state index contributed by atoms with van der Waals surface area (Å²) >= 11 is 11.9. The predicted molar refractivity (Wildman–Crippen MR) is 85.1 cm³/mol. The maximum absolute atomic E-state index is 11.7. The Morgan fingerprint density at radius 2 is 2.15 bits per heavy atom. The van der Waals surface area contributed by atoms with Crippen molar-refractivity contribution >= 4 is 35.2 Å². The van der Waals surface area contributed by atoms with Crippen LogP contribution in [0.1, 0.15) is 31.2 Å². The highest BCUT2D eigenvalue weighted by Gasteiger charge is 2.04. The second kappa shape index (κ2) is 7.51. The summed E-state index contributed by atoms with van der Waals surface area (Å²) in [6, 6.07) is 5.20. The molecule has 1 aromatic carbocycles. The quantitative estimate of drug-likeness (QED) is 0.638. The number of carbonyl (C=O) groups excluding carboxylic acids is 1. The molecular weight excluding hydrogens is 293 g/mol. The lowest BCUT2D eigenvalue weighted by molar-refractivity contribution is -0.116. The van der Waals surface area contributed by atoms with Crippen LogP contribution in [0.4, 0.5) is 0 Å². The van der Waals surface area contributed by atoms with Gasteiger partial charge in [0.1, 0.15) is 0 Å². The van der Waals surface area contributed by atoms with Crippen LogP contribution in [0.25, 0.3) is 6.08 Å². The normalized spacial score (nSPS) is 15.2. The first-order chi connectivity index (χ1) is 9.65. The first-order valence-electron chi connectivity index (χ1n) is 6.74. The third kappa shape index (κ3) is 4.69. The molecule has 1 amide bonds. The zero-order valence-electron chi connectivity index (χ0n) is 11.2. The summed E-state index contributed by atoms with van der Waals surface area (Å²) in [5.74, 6) is -0.109. The molecule has 0 aliphatic heterocycles. The molecule has 0 unspecified atom stereocenters. The molecule has 1 aliphatic rings. The zero-order valence-corrected chi connectivity index (χ0v) is 12.7. The highest BCUT2D eigenvalue weighted by molar-refractivity contribution is 6.35. The molecule has 2 nitrogen and oxygen atoms in total. The van der Waals surface area contributed by atoms with E-state index in [9.17, 15) is 4.79 Å². The molecule has 1 aromatic rings. The number of halogens is 2. The van der Waals surface area contributed by atoms with E-state index in [2.05, 4.69) is 11.4 Å². The van der Waals surface area contributed by atoms with Crippen molar-refractivity contribution in [2.45, 2.75) is 25.7 Å². The van der Waals surface area contributed by atoms with E-state index in [-0.39, 0.29) is 5.91 Å². The predicted octanol–water partition coefficient (Wildman–Crippen LogP) is 4.62. The monoisotopic (exact) mass is 309 g/mol. The van der Waals surface area contributed by atoms with Crippen molar-refractivity contribution in [2.75, 3.05) is 6.54 Å². The van der Waals surface area contributed by atoms with Gasteiger partial charge in [-0.15, -0.1) is 0 Å². The molecule has 1 N–H and O–H groups in total. The molecule has 4 heteroatoms. The van der Waals surface area contributed by atoms with Crippen LogP contribution in [-0.4, -0.2) is 12.5 Å². The Morgan fingerprint density at radius 3 is 2.85 bits per heavy atom. The van der Waals surface area contributed by atoms with Crippen molar-refractivity contribution in [3.63, 3.8) is 0 Å². The molecule has 1 aliphatic carbocycles. The third-order valence-corrected chi connectivity index (χ3v) is 3.81. The van der Waals surface area contributed by atoms with Crippen LogP contribution in [0.2, 0.25) is 10.0 Å². The van der Waals surface area contributed by atoms with Crippen LogP contribution < -0.4 is 5.32 Å². The summed E-state index contributed by atoms with van der Waals surface area (Å²) in [6.45, 7) is 0.636. The Balaban J connectivity index is 1.87. The summed E-state index contributed by atoms with van der Waals surface area (Å²) in [5.41, 5.74) is 2.10. The molecule has 0 atom stereocenters. The Labute approximate surface area is 129 Å². The van der Waals surface area contributed by atoms with Crippen LogP contribution >= 0.6 is 23.2 Å². The smallest absolute Gasteiger partial charge is 0.244 e. The largest absolute Gasteiger partial charge is 0.349 e. The lowest BCUT2D eigenvalue weighted by Crippen LogP contribution is -2.24. The number of hydrogen-bond donors (Lipinski definition) is 1. The fourth-order valence-corrected chi connectivity index (χ4v) is 2.60. The minimum Gasteiger partial charge on any atom is -0.349 e. The molecule has 0 saturated carbocycles. The van der Waals surface area contributed by atoms with E-state index in [0.717, 1.165) is 18.4 Å². The number of carbonyl (C=O) groups is 1. The third-order valence-electron chi connectivity index (χ3n) is 3.25. The summed E-state index contributed by atoms with van der Waals surface area (Å²) in [4.78, 5) is 11.7. The summed E-state index contributed by atoms with van der Waals surface area (Å²) in [7, 11) is 0. The maximum atomic E-state index is 11.7. The molecular formula is C16H17Cl2NO. The average molecular weight is 310 g/mol. The van der Waals surface area contributed by atoms with Crippen LogP contribution in [0.3, 0.4) is 0 Å². The highest BCUT2D eigenvalue weighted by Crippen LogP contribution is 2.22. The van der Waals surface area contributed by atoms with Gasteiger partial charge >= 0.3 is 0 Å². The number of hydrogen-bond acceptors (Lipinski definition) is 1. The van der Waals surface area contributed by atoms with E-state index in [1.807, 2.05) is 0 Å². The van der Waals surface area contributed by atoms with Gasteiger partial charge in [-0.2, -0.15) is 0 Å². The number of allylic oxidation sites excluding steroid dienone is 1. The topological polar surface area (TPSA) is 29.1 Å². The fourth-order valence-electron chi connectivity index (χ4n) is 2.13.